The maximum absolute atomic E-state index is 13.6. The van der Waals surface area contributed by atoms with E-state index in [1.165, 1.54) is 30.5 Å². The molecule has 0 saturated heterocycles. The van der Waals surface area contributed by atoms with E-state index >= 15 is 0 Å². The van der Waals surface area contributed by atoms with Gasteiger partial charge in [0.1, 0.15) is 11.6 Å². The van der Waals surface area contributed by atoms with Crippen LogP contribution in [0.4, 0.5) is 15.8 Å². The molecule has 0 heterocycles. The number of anilines is 2. The number of halogens is 3. The lowest BCUT2D eigenvalue weighted by atomic mass is 10.2. The molecule has 3 amide bonds. The van der Waals surface area contributed by atoms with Crippen molar-refractivity contribution in [2.24, 2.45) is 5.10 Å². The quantitative estimate of drug-likeness (QED) is 0.255. The summed E-state index contributed by atoms with van der Waals surface area (Å²) < 4.78 is 19.0. The van der Waals surface area contributed by atoms with Gasteiger partial charge in [-0.25, -0.2) is 9.82 Å². The first kappa shape index (κ1) is 24.7. The van der Waals surface area contributed by atoms with Gasteiger partial charge in [-0.1, -0.05) is 47.5 Å². The SMILES string of the molecule is O=C(COc1cccc(/C=N\NC(=O)C(=O)Nc2ccccc2F)c1)Nc1ccc(Cl)cc1Cl. The van der Waals surface area contributed by atoms with Crippen molar-refractivity contribution in [1.82, 2.24) is 5.43 Å². The Kier molecular flexibility index (Phi) is 8.55. The van der Waals surface area contributed by atoms with Crippen LogP contribution in [-0.2, 0) is 14.4 Å². The Morgan fingerprint density at radius 1 is 0.912 bits per heavy atom. The summed E-state index contributed by atoms with van der Waals surface area (Å²) in [4.78, 5) is 35.8. The highest BCUT2D eigenvalue weighted by atomic mass is 35.5. The van der Waals surface area contributed by atoms with Crippen LogP contribution in [0.2, 0.25) is 10.0 Å². The number of carbonyl (C=O) groups excluding carboxylic acids is 3. The fourth-order valence-corrected chi connectivity index (χ4v) is 3.02. The number of nitrogens with one attached hydrogen (secondary N) is 3. The van der Waals surface area contributed by atoms with Crippen molar-refractivity contribution in [1.29, 1.82) is 0 Å². The first-order valence-corrected chi connectivity index (χ1v) is 10.4. The van der Waals surface area contributed by atoms with Crippen LogP contribution in [0.3, 0.4) is 0 Å². The molecule has 174 valence electrons. The fraction of sp³-hybridized carbons (Fsp3) is 0.0435. The van der Waals surface area contributed by atoms with Crippen LogP contribution < -0.4 is 20.8 Å². The molecule has 0 unspecified atom stereocenters. The van der Waals surface area contributed by atoms with Crippen LogP contribution in [0.25, 0.3) is 0 Å². The molecule has 3 aromatic rings. The van der Waals surface area contributed by atoms with Gasteiger partial charge in [-0.3, -0.25) is 14.4 Å². The fourth-order valence-electron chi connectivity index (χ4n) is 2.57. The van der Waals surface area contributed by atoms with E-state index in [1.807, 2.05) is 5.43 Å². The number of ether oxygens (including phenoxy) is 1. The van der Waals surface area contributed by atoms with Gasteiger partial charge in [-0.15, -0.1) is 0 Å². The lowest BCUT2D eigenvalue weighted by molar-refractivity contribution is -0.136. The Morgan fingerprint density at radius 3 is 2.47 bits per heavy atom. The number of hydrogen-bond acceptors (Lipinski definition) is 5. The van der Waals surface area contributed by atoms with E-state index in [-0.39, 0.29) is 12.3 Å². The highest BCUT2D eigenvalue weighted by Crippen LogP contribution is 2.25. The minimum absolute atomic E-state index is 0.126. The summed E-state index contributed by atoms with van der Waals surface area (Å²) in [6, 6.07) is 16.6. The molecule has 0 saturated carbocycles. The van der Waals surface area contributed by atoms with Crippen molar-refractivity contribution < 1.29 is 23.5 Å². The zero-order valence-electron chi connectivity index (χ0n) is 17.3. The van der Waals surface area contributed by atoms with E-state index in [2.05, 4.69) is 15.7 Å². The molecule has 0 fully saturated rings. The minimum atomic E-state index is -1.08. The summed E-state index contributed by atoms with van der Waals surface area (Å²) >= 11 is 11.9. The first-order chi connectivity index (χ1) is 16.3. The van der Waals surface area contributed by atoms with E-state index in [4.69, 9.17) is 27.9 Å². The molecule has 0 aliphatic rings. The maximum atomic E-state index is 13.6. The third kappa shape index (κ3) is 7.29. The highest BCUT2D eigenvalue weighted by molar-refractivity contribution is 6.39. The topological polar surface area (TPSA) is 109 Å². The predicted molar refractivity (Wildman–Crippen MR) is 128 cm³/mol. The van der Waals surface area contributed by atoms with Crippen molar-refractivity contribution >= 4 is 58.5 Å². The molecule has 0 bridgehead atoms. The number of benzene rings is 3. The van der Waals surface area contributed by atoms with Gasteiger partial charge in [0.05, 0.1) is 22.6 Å². The first-order valence-electron chi connectivity index (χ1n) is 9.68. The standard InChI is InChI=1S/C23H17Cl2FN4O4/c24-15-8-9-19(17(25)11-15)28-21(31)13-34-16-5-3-4-14(10-16)12-27-30-23(33)22(32)29-20-7-2-1-6-18(20)26/h1-12H,13H2,(H,28,31)(H,29,32)(H,30,33)/b27-12-. The summed E-state index contributed by atoms with van der Waals surface area (Å²) in [5.41, 5.74) is 2.84. The van der Waals surface area contributed by atoms with Crippen LogP contribution >= 0.6 is 23.2 Å². The number of carbonyl (C=O) groups is 3. The molecule has 34 heavy (non-hydrogen) atoms. The molecule has 0 radical (unpaired) electrons. The van der Waals surface area contributed by atoms with E-state index in [0.29, 0.717) is 27.0 Å². The predicted octanol–water partition coefficient (Wildman–Crippen LogP) is 4.24. The minimum Gasteiger partial charge on any atom is -0.484 e. The number of hydrazone groups is 1. The molecule has 0 aliphatic carbocycles. The van der Waals surface area contributed by atoms with Crippen LogP contribution in [0.1, 0.15) is 5.56 Å². The Bertz CT molecular complexity index is 1250. The molecule has 3 N–H and O–H groups in total. The Labute approximate surface area is 203 Å². The third-order valence-corrected chi connectivity index (χ3v) is 4.69. The molecule has 3 aromatic carbocycles. The average Bonchev–Trinajstić information content (AvgIpc) is 2.81. The molecular weight excluding hydrogens is 486 g/mol. The van der Waals surface area contributed by atoms with Crippen LogP contribution in [0.5, 0.6) is 5.75 Å². The number of amides is 3. The zero-order valence-corrected chi connectivity index (χ0v) is 18.9. The maximum Gasteiger partial charge on any atom is 0.329 e. The van der Waals surface area contributed by atoms with Gasteiger partial charge in [-0.2, -0.15) is 5.10 Å². The lowest BCUT2D eigenvalue weighted by Gasteiger charge is -2.09. The molecular formula is C23H17Cl2FN4O4. The monoisotopic (exact) mass is 502 g/mol. The van der Waals surface area contributed by atoms with Gasteiger partial charge in [0, 0.05) is 5.02 Å². The number of para-hydroxylation sites is 1. The van der Waals surface area contributed by atoms with E-state index in [0.717, 1.165) is 6.07 Å². The van der Waals surface area contributed by atoms with E-state index < -0.39 is 23.5 Å². The third-order valence-electron chi connectivity index (χ3n) is 4.14. The van der Waals surface area contributed by atoms with Crippen molar-refractivity contribution in [3.05, 3.63) is 88.2 Å². The van der Waals surface area contributed by atoms with Gasteiger partial charge in [0.15, 0.2) is 6.61 Å². The van der Waals surface area contributed by atoms with Crippen molar-refractivity contribution in [2.45, 2.75) is 0 Å². The van der Waals surface area contributed by atoms with Gasteiger partial charge in [-0.05, 0) is 48.0 Å². The van der Waals surface area contributed by atoms with Gasteiger partial charge in [0.2, 0.25) is 0 Å². The molecule has 3 rings (SSSR count). The van der Waals surface area contributed by atoms with E-state index in [1.54, 1.807) is 36.4 Å². The van der Waals surface area contributed by atoms with Gasteiger partial charge < -0.3 is 15.4 Å². The van der Waals surface area contributed by atoms with Gasteiger partial charge in [0.25, 0.3) is 5.91 Å². The summed E-state index contributed by atoms with van der Waals surface area (Å²) in [6.45, 7) is -0.285. The Hall–Kier alpha value is -3.95. The van der Waals surface area contributed by atoms with E-state index in [9.17, 15) is 18.8 Å². The molecule has 11 heteroatoms. The lowest BCUT2D eigenvalue weighted by Crippen LogP contribution is -2.32. The van der Waals surface area contributed by atoms with Crippen LogP contribution in [0.15, 0.2) is 71.8 Å². The van der Waals surface area contributed by atoms with Crippen molar-refractivity contribution in [3.63, 3.8) is 0 Å². The summed E-state index contributed by atoms with van der Waals surface area (Å²) in [6.07, 6.45) is 1.27. The van der Waals surface area contributed by atoms with Crippen LogP contribution in [0, 0.1) is 5.82 Å². The Balaban J connectivity index is 1.49. The zero-order chi connectivity index (χ0) is 24.5. The largest absolute Gasteiger partial charge is 0.484 e. The van der Waals surface area contributed by atoms with Crippen molar-refractivity contribution in [3.8, 4) is 5.75 Å². The smallest absolute Gasteiger partial charge is 0.329 e. The second kappa shape index (κ2) is 11.8. The second-order valence-corrected chi connectivity index (χ2v) is 7.51. The molecule has 0 aliphatic heterocycles. The Morgan fingerprint density at radius 2 is 1.71 bits per heavy atom. The summed E-state index contributed by atoms with van der Waals surface area (Å²) in [5, 5.41) is 9.19. The average molecular weight is 503 g/mol. The highest BCUT2D eigenvalue weighted by Gasteiger charge is 2.14. The normalized spacial score (nSPS) is 10.6. The molecule has 0 atom stereocenters. The molecule has 0 spiro atoms. The summed E-state index contributed by atoms with van der Waals surface area (Å²) in [5.74, 6) is -2.90. The van der Waals surface area contributed by atoms with Crippen LogP contribution in [-0.4, -0.2) is 30.5 Å². The van der Waals surface area contributed by atoms with Crippen molar-refractivity contribution in [2.75, 3.05) is 17.2 Å². The van der Waals surface area contributed by atoms with Gasteiger partial charge >= 0.3 is 11.8 Å². The number of rotatable bonds is 7. The second-order valence-electron chi connectivity index (χ2n) is 6.67. The molecule has 8 nitrogen and oxygen atoms in total. The number of hydrogen-bond donors (Lipinski definition) is 3. The summed E-state index contributed by atoms with van der Waals surface area (Å²) in [7, 11) is 0. The molecule has 0 aromatic heterocycles. The number of nitrogens with zero attached hydrogens (tertiary/aromatic N) is 1.